The second-order valence-electron chi connectivity index (χ2n) is 6.05. The van der Waals surface area contributed by atoms with E-state index < -0.39 is 0 Å². The van der Waals surface area contributed by atoms with Crippen LogP contribution in [0, 0.1) is 11.3 Å². The Hall–Kier alpha value is -3.26. The molecule has 5 heteroatoms. The summed E-state index contributed by atoms with van der Waals surface area (Å²) in [6.07, 6.45) is 2.52. The lowest BCUT2D eigenvalue weighted by Gasteiger charge is -2.14. The minimum Gasteiger partial charge on any atom is -0.318 e. The van der Waals surface area contributed by atoms with Gasteiger partial charge in [-0.3, -0.25) is 4.98 Å². The number of para-hydroxylation sites is 4. The number of aromatic nitrogens is 4. The third kappa shape index (κ3) is 1.77. The van der Waals surface area contributed by atoms with Gasteiger partial charge in [-0.2, -0.15) is 5.26 Å². The molecule has 0 bridgehead atoms. The second kappa shape index (κ2) is 4.87. The van der Waals surface area contributed by atoms with Gasteiger partial charge in [-0.15, -0.1) is 0 Å². The second-order valence-corrected chi connectivity index (χ2v) is 6.05. The van der Waals surface area contributed by atoms with E-state index in [9.17, 15) is 5.26 Å². The zero-order valence-corrected chi connectivity index (χ0v) is 12.8. The van der Waals surface area contributed by atoms with Gasteiger partial charge in [0.2, 0.25) is 0 Å². The predicted molar refractivity (Wildman–Crippen MR) is 90.4 cm³/mol. The van der Waals surface area contributed by atoms with Crippen LogP contribution < -0.4 is 0 Å². The van der Waals surface area contributed by atoms with Crippen molar-refractivity contribution < 1.29 is 0 Å². The van der Waals surface area contributed by atoms with Crippen LogP contribution in [-0.2, 0) is 0 Å². The first-order chi connectivity index (χ1) is 11.8. The van der Waals surface area contributed by atoms with Crippen molar-refractivity contribution in [3.63, 3.8) is 0 Å². The van der Waals surface area contributed by atoms with Crippen LogP contribution in [0.5, 0.6) is 0 Å². The molecule has 0 spiro atoms. The Morgan fingerprint density at radius 3 is 2.54 bits per heavy atom. The fourth-order valence-electron chi connectivity index (χ4n) is 3.57. The SMILES string of the molecule is N#CC1C[C@@H](c2cnc3ccccc3n2)n2c1nc1ccccc12. The van der Waals surface area contributed by atoms with Gasteiger partial charge in [0.1, 0.15) is 11.7 Å². The van der Waals surface area contributed by atoms with Crippen molar-refractivity contribution in [2.45, 2.75) is 18.4 Å². The van der Waals surface area contributed by atoms with Gasteiger partial charge in [-0.1, -0.05) is 24.3 Å². The first-order valence-electron chi connectivity index (χ1n) is 7.93. The van der Waals surface area contributed by atoms with E-state index in [0.29, 0.717) is 6.42 Å². The number of imidazole rings is 1. The molecule has 24 heavy (non-hydrogen) atoms. The Morgan fingerprint density at radius 1 is 0.958 bits per heavy atom. The third-order valence-electron chi connectivity index (χ3n) is 4.67. The van der Waals surface area contributed by atoms with Crippen molar-refractivity contribution in [3.05, 3.63) is 66.2 Å². The quantitative estimate of drug-likeness (QED) is 0.539. The van der Waals surface area contributed by atoms with Crippen molar-refractivity contribution in [2.24, 2.45) is 0 Å². The van der Waals surface area contributed by atoms with E-state index in [1.54, 1.807) is 0 Å². The van der Waals surface area contributed by atoms with E-state index in [1.807, 2.05) is 54.7 Å². The van der Waals surface area contributed by atoms with Crippen LogP contribution in [0.15, 0.2) is 54.7 Å². The van der Waals surface area contributed by atoms with Gasteiger partial charge in [-0.25, -0.2) is 9.97 Å². The van der Waals surface area contributed by atoms with Gasteiger partial charge in [0, 0.05) is 0 Å². The minimum atomic E-state index is -0.212. The van der Waals surface area contributed by atoms with E-state index in [0.717, 1.165) is 33.6 Å². The first-order valence-corrected chi connectivity index (χ1v) is 7.93. The molecule has 0 aliphatic carbocycles. The van der Waals surface area contributed by atoms with E-state index in [-0.39, 0.29) is 12.0 Å². The molecular formula is C19H13N5. The van der Waals surface area contributed by atoms with Gasteiger partial charge in [-0.05, 0) is 30.7 Å². The Bertz CT molecular complexity index is 1120. The summed E-state index contributed by atoms with van der Waals surface area (Å²) in [7, 11) is 0. The summed E-state index contributed by atoms with van der Waals surface area (Å²) in [6.45, 7) is 0. The average molecular weight is 311 g/mol. The molecule has 0 amide bonds. The first kappa shape index (κ1) is 13.2. The van der Waals surface area contributed by atoms with Crippen LogP contribution in [0.2, 0.25) is 0 Å². The highest BCUT2D eigenvalue weighted by Crippen LogP contribution is 2.41. The van der Waals surface area contributed by atoms with Gasteiger partial charge in [0.15, 0.2) is 0 Å². The summed E-state index contributed by atoms with van der Waals surface area (Å²) < 4.78 is 2.15. The molecule has 0 saturated carbocycles. The molecule has 0 N–H and O–H groups in total. The average Bonchev–Trinajstić information content (AvgIpc) is 3.18. The van der Waals surface area contributed by atoms with E-state index in [1.165, 1.54) is 0 Å². The number of hydrogen-bond donors (Lipinski definition) is 0. The molecule has 0 radical (unpaired) electrons. The summed E-state index contributed by atoms with van der Waals surface area (Å²) in [4.78, 5) is 14.0. The van der Waals surface area contributed by atoms with E-state index >= 15 is 0 Å². The van der Waals surface area contributed by atoms with Crippen LogP contribution in [0.25, 0.3) is 22.1 Å². The molecule has 1 aliphatic rings. The van der Waals surface area contributed by atoms with Crippen molar-refractivity contribution in [1.29, 1.82) is 5.26 Å². The number of nitrogens with zero attached hydrogens (tertiary/aromatic N) is 5. The number of hydrogen-bond acceptors (Lipinski definition) is 4. The predicted octanol–water partition coefficient (Wildman–Crippen LogP) is 3.58. The molecule has 114 valence electrons. The van der Waals surface area contributed by atoms with E-state index in [2.05, 4.69) is 20.6 Å². The molecule has 0 fully saturated rings. The Balaban J connectivity index is 1.73. The lowest BCUT2D eigenvalue weighted by Crippen LogP contribution is -2.08. The van der Waals surface area contributed by atoms with Gasteiger partial charge < -0.3 is 4.57 Å². The monoisotopic (exact) mass is 311 g/mol. The normalized spacial score (nSPS) is 19.5. The lowest BCUT2D eigenvalue weighted by molar-refractivity contribution is 0.607. The standard InChI is InChI=1S/C19H13N5/c20-10-12-9-18(16-11-21-13-5-1-2-6-14(13)22-16)24-17-8-4-3-7-15(17)23-19(12)24/h1-8,11-12,18H,9H2/t12?,18-/m0/s1. The van der Waals surface area contributed by atoms with E-state index in [4.69, 9.17) is 4.98 Å². The Labute approximate surface area is 138 Å². The molecule has 0 saturated heterocycles. The van der Waals surface area contributed by atoms with Crippen molar-refractivity contribution in [2.75, 3.05) is 0 Å². The Morgan fingerprint density at radius 2 is 1.71 bits per heavy atom. The molecule has 5 rings (SSSR count). The summed E-state index contributed by atoms with van der Waals surface area (Å²) in [6, 6.07) is 18.2. The Kier molecular flexibility index (Phi) is 2.68. The fraction of sp³-hybridized carbons (Fsp3) is 0.158. The minimum absolute atomic E-state index is 0.00541. The maximum Gasteiger partial charge on any atom is 0.128 e. The van der Waals surface area contributed by atoms with Crippen LogP contribution >= 0.6 is 0 Å². The largest absolute Gasteiger partial charge is 0.318 e. The highest BCUT2D eigenvalue weighted by molar-refractivity contribution is 5.77. The molecule has 2 aromatic carbocycles. The molecular weight excluding hydrogens is 298 g/mol. The van der Waals surface area contributed by atoms with Crippen LogP contribution in [0.3, 0.4) is 0 Å². The highest BCUT2D eigenvalue weighted by Gasteiger charge is 2.35. The van der Waals surface area contributed by atoms with Gasteiger partial charge in [0.25, 0.3) is 0 Å². The number of rotatable bonds is 1. The maximum absolute atomic E-state index is 9.54. The fourth-order valence-corrected chi connectivity index (χ4v) is 3.57. The maximum atomic E-state index is 9.54. The molecule has 5 nitrogen and oxygen atoms in total. The zero-order chi connectivity index (χ0) is 16.1. The zero-order valence-electron chi connectivity index (χ0n) is 12.8. The summed E-state index contributed by atoms with van der Waals surface area (Å²) in [5.41, 5.74) is 4.61. The van der Waals surface area contributed by atoms with Crippen molar-refractivity contribution in [3.8, 4) is 6.07 Å². The number of nitriles is 1. The third-order valence-corrected chi connectivity index (χ3v) is 4.67. The van der Waals surface area contributed by atoms with Crippen molar-refractivity contribution in [1.82, 2.24) is 19.5 Å². The summed E-state index contributed by atoms with van der Waals surface area (Å²) in [5.74, 6) is 0.620. The molecule has 1 aliphatic heterocycles. The molecule has 1 unspecified atom stereocenters. The molecule has 2 aromatic heterocycles. The summed E-state index contributed by atoms with van der Waals surface area (Å²) in [5, 5.41) is 9.54. The smallest absolute Gasteiger partial charge is 0.128 e. The molecule has 2 atom stereocenters. The van der Waals surface area contributed by atoms with Gasteiger partial charge >= 0.3 is 0 Å². The van der Waals surface area contributed by atoms with Crippen molar-refractivity contribution >= 4 is 22.1 Å². The molecule has 3 heterocycles. The molecule has 4 aromatic rings. The van der Waals surface area contributed by atoms with Crippen LogP contribution in [0.4, 0.5) is 0 Å². The summed E-state index contributed by atoms with van der Waals surface area (Å²) >= 11 is 0. The highest BCUT2D eigenvalue weighted by atomic mass is 15.2. The van der Waals surface area contributed by atoms with Gasteiger partial charge in [0.05, 0.1) is 46.1 Å². The topological polar surface area (TPSA) is 67.4 Å². The number of benzene rings is 2. The van der Waals surface area contributed by atoms with Crippen LogP contribution in [-0.4, -0.2) is 19.5 Å². The lowest BCUT2D eigenvalue weighted by atomic mass is 10.0. The number of fused-ring (bicyclic) bond motifs is 4. The van der Waals surface area contributed by atoms with Crippen LogP contribution in [0.1, 0.15) is 29.9 Å².